The first-order valence-corrected chi connectivity index (χ1v) is 7.60. The zero-order valence-electron chi connectivity index (χ0n) is 12.4. The third-order valence-corrected chi connectivity index (χ3v) is 4.33. The highest BCUT2D eigenvalue weighted by molar-refractivity contribution is 5.47. The van der Waals surface area contributed by atoms with Crippen LogP contribution in [0.2, 0.25) is 0 Å². The SMILES string of the molecule is CCC(c1ccccc1)C(NN)c1cccc2c1OCC2. The molecule has 0 aromatic heterocycles. The molecule has 2 aromatic rings. The van der Waals surface area contributed by atoms with Crippen molar-refractivity contribution in [3.8, 4) is 5.75 Å². The van der Waals surface area contributed by atoms with Crippen LogP contribution in [0.1, 0.15) is 42.0 Å². The largest absolute Gasteiger partial charge is 0.493 e. The van der Waals surface area contributed by atoms with Gasteiger partial charge >= 0.3 is 0 Å². The second-order valence-electron chi connectivity index (χ2n) is 5.50. The van der Waals surface area contributed by atoms with Crippen molar-refractivity contribution in [3.05, 3.63) is 65.2 Å². The van der Waals surface area contributed by atoms with Crippen molar-refractivity contribution in [1.29, 1.82) is 0 Å². The van der Waals surface area contributed by atoms with Gasteiger partial charge in [0.25, 0.3) is 0 Å². The van der Waals surface area contributed by atoms with Crippen molar-refractivity contribution in [2.75, 3.05) is 6.61 Å². The molecule has 0 bridgehead atoms. The summed E-state index contributed by atoms with van der Waals surface area (Å²) in [5.41, 5.74) is 6.78. The number of ether oxygens (including phenoxy) is 1. The molecular formula is C18H22N2O. The molecule has 0 saturated heterocycles. The van der Waals surface area contributed by atoms with Gasteiger partial charge in [-0.3, -0.25) is 11.3 Å². The van der Waals surface area contributed by atoms with Crippen molar-refractivity contribution < 1.29 is 4.74 Å². The maximum Gasteiger partial charge on any atom is 0.127 e. The van der Waals surface area contributed by atoms with E-state index in [1.165, 1.54) is 16.7 Å². The summed E-state index contributed by atoms with van der Waals surface area (Å²) >= 11 is 0. The van der Waals surface area contributed by atoms with Gasteiger partial charge in [-0.1, -0.05) is 55.5 Å². The van der Waals surface area contributed by atoms with Crippen molar-refractivity contribution in [1.82, 2.24) is 5.43 Å². The Morgan fingerprint density at radius 1 is 1.14 bits per heavy atom. The molecule has 21 heavy (non-hydrogen) atoms. The molecule has 3 heteroatoms. The first-order chi connectivity index (χ1) is 10.3. The van der Waals surface area contributed by atoms with Gasteiger partial charge in [0.1, 0.15) is 5.75 Å². The highest BCUT2D eigenvalue weighted by atomic mass is 16.5. The molecule has 0 fully saturated rings. The number of hydrazine groups is 1. The van der Waals surface area contributed by atoms with Crippen molar-refractivity contribution in [2.24, 2.45) is 5.84 Å². The Morgan fingerprint density at radius 2 is 1.95 bits per heavy atom. The fourth-order valence-corrected chi connectivity index (χ4v) is 3.27. The lowest BCUT2D eigenvalue weighted by Crippen LogP contribution is -2.32. The first-order valence-electron chi connectivity index (χ1n) is 7.60. The highest BCUT2D eigenvalue weighted by Gasteiger charge is 2.27. The lowest BCUT2D eigenvalue weighted by atomic mass is 9.84. The quantitative estimate of drug-likeness (QED) is 0.653. The maximum atomic E-state index is 5.91. The van der Waals surface area contributed by atoms with E-state index in [2.05, 4.69) is 54.8 Å². The number of benzene rings is 2. The first kappa shape index (κ1) is 14.1. The van der Waals surface area contributed by atoms with Crippen molar-refractivity contribution >= 4 is 0 Å². The average Bonchev–Trinajstić information content (AvgIpc) is 3.02. The molecule has 0 aliphatic carbocycles. The standard InChI is InChI=1S/C18H22N2O/c1-2-15(13-7-4-3-5-8-13)17(20-19)16-10-6-9-14-11-12-21-18(14)16/h3-10,15,17,20H,2,11-12,19H2,1H3. The molecule has 0 amide bonds. The summed E-state index contributed by atoms with van der Waals surface area (Å²) in [5, 5.41) is 0. The van der Waals surface area contributed by atoms with Crippen LogP contribution in [0, 0.1) is 0 Å². The molecule has 0 radical (unpaired) electrons. The van der Waals surface area contributed by atoms with Crippen LogP contribution < -0.4 is 16.0 Å². The molecule has 2 unspecified atom stereocenters. The number of fused-ring (bicyclic) bond motifs is 1. The maximum absolute atomic E-state index is 5.91. The number of nitrogens with one attached hydrogen (secondary N) is 1. The van der Waals surface area contributed by atoms with E-state index in [0.29, 0.717) is 5.92 Å². The molecule has 110 valence electrons. The summed E-state index contributed by atoms with van der Waals surface area (Å²) in [7, 11) is 0. The van der Waals surface area contributed by atoms with Crippen LogP contribution >= 0.6 is 0 Å². The van der Waals surface area contributed by atoms with E-state index in [0.717, 1.165) is 25.2 Å². The zero-order chi connectivity index (χ0) is 14.7. The minimum absolute atomic E-state index is 0.0606. The molecule has 3 rings (SSSR count). The number of para-hydroxylation sites is 1. The summed E-state index contributed by atoms with van der Waals surface area (Å²) in [6.07, 6.45) is 2.01. The molecule has 0 saturated carbocycles. The summed E-state index contributed by atoms with van der Waals surface area (Å²) in [6.45, 7) is 2.97. The molecule has 1 aliphatic rings. The average molecular weight is 282 g/mol. The van der Waals surface area contributed by atoms with E-state index < -0.39 is 0 Å². The van der Waals surface area contributed by atoms with Crippen molar-refractivity contribution in [2.45, 2.75) is 31.7 Å². The number of hydrogen-bond acceptors (Lipinski definition) is 3. The third kappa shape index (κ3) is 2.67. The number of rotatable bonds is 5. The molecule has 3 nitrogen and oxygen atoms in total. The molecule has 3 N–H and O–H groups in total. The minimum Gasteiger partial charge on any atom is -0.493 e. The topological polar surface area (TPSA) is 47.3 Å². The summed E-state index contributed by atoms with van der Waals surface area (Å²) < 4.78 is 5.85. The molecule has 1 heterocycles. The second-order valence-corrected chi connectivity index (χ2v) is 5.50. The van der Waals surface area contributed by atoms with Crippen LogP contribution in [0.5, 0.6) is 5.75 Å². The van der Waals surface area contributed by atoms with Gasteiger partial charge in [-0.2, -0.15) is 0 Å². The van der Waals surface area contributed by atoms with Crippen LogP contribution in [0.3, 0.4) is 0 Å². The van der Waals surface area contributed by atoms with E-state index in [9.17, 15) is 0 Å². The lowest BCUT2D eigenvalue weighted by molar-refractivity contribution is 0.342. The molecule has 0 spiro atoms. The summed E-state index contributed by atoms with van der Waals surface area (Å²) in [4.78, 5) is 0. The monoisotopic (exact) mass is 282 g/mol. The Hall–Kier alpha value is -1.84. The van der Waals surface area contributed by atoms with E-state index >= 15 is 0 Å². The van der Waals surface area contributed by atoms with Crippen LogP contribution in [0.15, 0.2) is 48.5 Å². The Bertz CT molecular complexity index is 597. The van der Waals surface area contributed by atoms with Gasteiger partial charge in [-0.15, -0.1) is 0 Å². The smallest absolute Gasteiger partial charge is 0.127 e. The fraction of sp³-hybridized carbons (Fsp3) is 0.333. The Kier molecular flexibility index (Phi) is 4.23. The predicted molar refractivity (Wildman–Crippen MR) is 85.2 cm³/mol. The predicted octanol–water partition coefficient (Wildman–Crippen LogP) is 3.32. The Morgan fingerprint density at radius 3 is 2.67 bits per heavy atom. The molecule has 2 atom stereocenters. The van der Waals surface area contributed by atoms with E-state index in [1.807, 2.05) is 6.07 Å². The van der Waals surface area contributed by atoms with E-state index in [-0.39, 0.29) is 6.04 Å². The van der Waals surface area contributed by atoms with E-state index in [4.69, 9.17) is 10.6 Å². The zero-order valence-corrected chi connectivity index (χ0v) is 12.4. The van der Waals surface area contributed by atoms with Gasteiger partial charge in [-0.25, -0.2) is 0 Å². The van der Waals surface area contributed by atoms with E-state index in [1.54, 1.807) is 0 Å². The van der Waals surface area contributed by atoms with Gasteiger partial charge in [0.15, 0.2) is 0 Å². The van der Waals surface area contributed by atoms with Crippen molar-refractivity contribution in [3.63, 3.8) is 0 Å². The fourth-order valence-electron chi connectivity index (χ4n) is 3.27. The van der Waals surface area contributed by atoms with Crippen LogP contribution in [0.25, 0.3) is 0 Å². The second kappa shape index (κ2) is 6.29. The summed E-state index contributed by atoms with van der Waals surface area (Å²) in [6, 6.07) is 17.0. The Balaban J connectivity index is 2.00. The number of hydrogen-bond donors (Lipinski definition) is 2. The van der Waals surface area contributed by atoms with Crippen LogP contribution in [-0.4, -0.2) is 6.61 Å². The molecule has 2 aromatic carbocycles. The minimum atomic E-state index is 0.0606. The third-order valence-electron chi connectivity index (χ3n) is 4.33. The van der Waals surface area contributed by atoms with Gasteiger partial charge in [-0.05, 0) is 17.5 Å². The van der Waals surface area contributed by atoms with Gasteiger partial charge in [0.2, 0.25) is 0 Å². The van der Waals surface area contributed by atoms with Crippen LogP contribution in [-0.2, 0) is 6.42 Å². The number of nitrogens with two attached hydrogens (primary N) is 1. The van der Waals surface area contributed by atoms with Gasteiger partial charge < -0.3 is 4.74 Å². The van der Waals surface area contributed by atoms with Gasteiger partial charge in [0, 0.05) is 17.9 Å². The van der Waals surface area contributed by atoms with Gasteiger partial charge in [0.05, 0.1) is 12.6 Å². The Labute approximate surface area is 126 Å². The highest BCUT2D eigenvalue weighted by Crippen LogP contribution is 2.40. The molecular weight excluding hydrogens is 260 g/mol. The van der Waals surface area contributed by atoms with Crippen LogP contribution in [0.4, 0.5) is 0 Å². The molecule has 1 aliphatic heterocycles. The lowest BCUT2D eigenvalue weighted by Gasteiger charge is -2.27. The summed E-state index contributed by atoms with van der Waals surface area (Å²) in [5.74, 6) is 7.26. The normalized spacial score (nSPS) is 16.1.